The van der Waals surface area contributed by atoms with E-state index < -0.39 is 6.04 Å². The Bertz CT molecular complexity index is 1140. The normalized spacial score (nSPS) is 20.3. The van der Waals surface area contributed by atoms with Crippen molar-refractivity contribution in [2.75, 3.05) is 0 Å². The molecule has 0 bridgehead atoms. The monoisotopic (exact) mass is 389 g/mol. The maximum absolute atomic E-state index is 11.4. The highest BCUT2D eigenvalue weighted by Gasteiger charge is 2.30. The maximum atomic E-state index is 11.4. The minimum absolute atomic E-state index is 0.201. The molecule has 0 radical (unpaired) electrons. The first-order chi connectivity index (χ1) is 13.2. The van der Waals surface area contributed by atoms with Crippen LogP contribution in [0.2, 0.25) is 0 Å². The Morgan fingerprint density at radius 2 is 1.41 bits per heavy atom. The Hall–Kier alpha value is -2.50. The van der Waals surface area contributed by atoms with E-state index >= 15 is 0 Å². The third-order valence-electron chi connectivity index (χ3n) is 4.95. The Balaban J connectivity index is 1.53. The molecule has 3 aromatic rings. The fourth-order valence-corrected chi connectivity index (χ4v) is 5.92. The van der Waals surface area contributed by atoms with E-state index in [2.05, 4.69) is 48.5 Å². The number of allylic oxidation sites excluding steroid dienone is 2. The van der Waals surface area contributed by atoms with Crippen molar-refractivity contribution in [1.29, 1.82) is 0 Å². The summed E-state index contributed by atoms with van der Waals surface area (Å²) in [6, 6.07) is 18.4. The highest BCUT2D eigenvalue weighted by atomic mass is 32.2. The van der Waals surface area contributed by atoms with Gasteiger partial charge in [-0.1, -0.05) is 72.1 Å². The largest absolute Gasteiger partial charge is 0.264 e. The lowest BCUT2D eigenvalue weighted by molar-refractivity contribution is -0.511. The number of benzene rings is 3. The molecular weight excluding hydrogens is 374 g/mol. The number of hydrogen-bond acceptors (Lipinski definition) is 4. The molecule has 1 aliphatic carbocycles. The molecule has 1 heterocycles. The van der Waals surface area contributed by atoms with Crippen molar-refractivity contribution in [2.45, 2.75) is 31.5 Å². The fourth-order valence-electron chi connectivity index (χ4n) is 3.60. The highest BCUT2D eigenvalue weighted by molar-refractivity contribution is 8.05. The van der Waals surface area contributed by atoms with Crippen molar-refractivity contribution in [2.24, 2.45) is 0 Å². The molecule has 27 heavy (non-hydrogen) atoms. The zero-order chi connectivity index (χ0) is 18.4. The van der Waals surface area contributed by atoms with E-state index in [1.165, 1.54) is 30.4 Å². The average molecular weight is 390 g/mol. The molecule has 0 N–H and O–H groups in total. The van der Waals surface area contributed by atoms with Gasteiger partial charge >= 0.3 is 0 Å². The van der Waals surface area contributed by atoms with Crippen LogP contribution in [0.15, 0.2) is 98.5 Å². The summed E-state index contributed by atoms with van der Waals surface area (Å²) in [5, 5.41) is 13.9. The molecule has 3 nitrogen and oxygen atoms in total. The lowest BCUT2D eigenvalue weighted by Crippen LogP contribution is -2.25. The van der Waals surface area contributed by atoms with Crippen LogP contribution in [0.4, 0.5) is 0 Å². The molecule has 0 saturated heterocycles. The fraction of sp³-hybridized carbons (Fsp3) is 0.0909. The highest BCUT2D eigenvalue weighted by Crippen LogP contribution is 2.50. The molecule has 3 aromatic carbocycles. The van der Waals surface area contributed by atoms with Gasteiger partial charge in [0.1, 0.15) is 0 Å². The van der Waals surface area contributed by atoms with Gasteiger partial charge in [0.25, 0.3) is 0 Å². The van der Waals surface area contributed by atoms with Crippen LogP contribution in [0.3, 0.4) is 0 Å². The summed E-state index contributed by atoms with van der Waals surface area (Å²) in [6.45, 7) is 0. The zero-order valence-electron chi connectivity index (χ0n) is 14.2. The second kappa shape index (κ2) is 6.59. The van der Waals surface area contributed by atoms with Crippen LogP contribution in [0.25, 0.3) is 10.8 Å². The van der Waals surface area contributed by atoms with Gasteiger partial charge in [0.05, 0.1) is 5.92 Å². The Labute approximate surface area is 165 Å². The van der Waals surface area contributed by atoms with Crippen LogP contribution in [-0.4, -0.2) is 11.0 Å². The van der Waals surface area contributed by atoms with Crippen LogP contribution in [-0.2, 0) is 0 Å². The van der Waals surface area contributed by atoms with E-state index in [0.29, 0.717) is 0 Å². The Kier molecular flexibility index (Phi) is 4.06. The minimum atomic E-state index is -0.703. The topological polar surface area (TPSA) is 43.1 Å². The van der Waals surface area contributed by atoms with Crippen LogP contribution < -0.4 is 0 Å². The minimum Gasteiger partial charge on any atom is -0.264 e. The lowest BCUT2D eigenvalue weighted by atomic mass is 9.88. The molecule has 2 atom stereocenters. The van der Waals surface area contributed by atoms with E-state index in [-0.39, 0.29) is 10.8 Å². The number of rotatable bonds is 2. The van der Waals surface area contributed by atoms with Gasteiger partial charge in [-0.3, -0.25) is 10.1 Å². The van der Waals surface area contributed by atoms with Crippen LogP contribution in [0.1, 0.15) is 11.5 Å². The molecule has 0 aromatic heterocycles. The number of nitro groups is 1. The summed E-state index contributed by atoms with van der Waals surface area (Å²) in [7, 11) is 0. The van der Waals surface area contributed by atoms with Crippen molar-refractivity contribution >= 4 is 34.3 Å². The SMILES string of the molecule is O=[N+]([O-])C1C=CC=CC1c1ccc2c(c1)Sc1cc3ccccc3cc1S2. The van der Waals surface area contributed by atoms with Crippen molar-refractivity contribution in [3.63, 3.8) is 0 Å². The lowest BCUT2D eigenvalue weighted by Gasteiger charge is -2.22. The van der Waals surface area contributed by atoms with Crippen molar-refractivity contribution in [3.05, 3.63) is 94.6 Å². The Morgan fingerprint density at radius 3 is 2.11 bits per heavy atom. The molecule has 132 valence electrons. The van der Waals surface area contributed by atoms with Gasteiger partial charge in [0.15, 0.2) is 0 Å². The van der Waals surface area contributed by atoms with Crippen LogP contribution in [0, 0.1) is 10.1 Å². The molecule has 0 saturated carbocycles. The molecule has 5 heteroatoms. The van der Waals surface area contributed by atoms with Crippen molar-refractivity contribution in [1.82, 2.24) is 0 Å². The molecule has 2 aliphatic rings. The Morgan fingerprint density at radius 1 is 0.778 bits per heavy atom. The third-order valence-corrected chi connectivity index (χ3v) is 7.46. The summed E-state index contributed by atoms with van der Waals surface area (Å²) in [5.41, 5.74) is 0.994. The first kappa shape index (κ1) is 16.7. The number of nitrogens with zero attached hydrogens (tertiary/aromatic N) is 1. The standard InChI is InChI=1S/C22H15NO2S2/c24-23(25)18-8-4-3-7-17(18)16-9-10-19-20(13-16)27-22-12-15-6-2-1-5-14(15)11-21(22)26-19/h1-13,17-18H. The van der Waals surface area contributed by atoms with Crippen LogP contribution >= 0.6 is 23.5 Å². The van der Waals surface area contributed by atoms with Gasteiger partial charge < -0.3 is 0 Å². The second-order valence-electron chi connectivity index (χ2n) is 6.63. The van der Waals surface area contributed by atoms with Gasteiger partial charge in [0, 0.05) is 24.5 Å². The molecular formula is C22H15NO2S2. The number of fused-ring (bicyclic) bond motifs is 3. The van der Waals surface area contributed by atoms with Gasteiger partial charge in [0.2, 0.25) is 6.04 Å². The predicted octanol–water partition coefficient (Wildman–Crippen LogP) is 6.31. The molecule has 0 spiro atoms. The summed E-state index contributed by atoms with van der Waals surface area (Å²) in [6.07, 6.45) is 7.26. The zero-order valence-corrected chi connectivity index (χ0v) is 15.9. The second-order valence-corrected chi connectivity index (χ2v) is 8.80. The average Bonchev–Trinajstić information content (AvgIpc) is 2.70. The van der Waals surface area contributed by atoms with Crippen LogP contribution in [0.5, 0.6) is 0 Å². The van der Waals surface area contributed by atoms with Crippen molar-refractivity contribution in [3.8, 4) is 0 Å². The first-order valence-electron chi connectivity index (χ1n) is 8.70. The van der Waals surface area contributed by atoms with E-state index in [9.17, 15) is 10.1 Å². The van der Waals surface area contributed by atoms with E-state index in [1.54, 1.807) is 35.7 Å². The summed E-state index contributed by atoms with van der Waals surface area (Å²) < 4.78 is 0. The van der Waals surface area contributed by atoms with E-state index in [1.807, 2.05) is 18.2 Å². The van der Waals surface area contributed by atoms with Gasteiger partial charge in [-0.25, -0.2) is 0 Å². The molecule has 2 unspecified atom stereocenters. The summed E-state index contributed by atoms with van der Waals surface area (Å²) in [4.78, 5) is 16.1. The molecule has 5 rings (SSSR count). The first-order valence-corrected chi connectivity index (χ1v) is 10.3. The van der Waals surface area contributed by atoms with E-state index in [4.69, 9.17) is 0 Å². The van der Waals surface area contributed by atoms with Gasteiger partial charge in [-0.05, 0) is 46.7 Å². The smallest absolute Gasteiger partial charge is 0.241 e. The maximum Gasteiger partial charge on any atom is 0.241 e. The molecule has 0 amide bonds. The van der Waals surface area contributed by atoms with Crippen molar-refractivity contribution < 1.29 is 4.92 Å². The summed E-state index contributed by atoms with van der Waals surface area (Å²) in [5.74, 6) is -0.223. The molecule has 1 aliphatic heterocycles. The predicted molar refractivity (Wildman–Crippen MR) is 110 cm³/mol. The van der Waals surface area contributed by atoms with Gasteiger partial charge in [-0.15, -0.1) is 0 Å². The quantitative estimate of drug-likeness (QED) is 0.298. The van der Waals surface area contributed by atoms with Gasteiger partial charge in [-0.2, -0.15) is 0 Å². The summed E-state index contributed by atoms with van der Waals surface area (Å²) >= 11 is 3.53. The third kappa shape index (κ3) is 2.97. The van der Waals surface area contributed by atoms with E-state index in [0.717, 1.165) is 5.56 Å². The molecule has 0 fully saturated rings. The number of hydrogen-bond donors (Lipinski definition) is 0.